The summed E-state index contributed by atoms with van der Waals surface area (Å²) in [5.74, 6) is 6.54. The van der Waals surface area contributed by atoms with Crippen LogP contribution in [-0.2, 0) is 0 Å². The van der Waals surface area contributed by atoms with Crippen molar-refractivity contribution in [1.82, 2.24) is 4.90 Å². The Bertz CT molecular complexity index is 172. The number of nitrogens with zero attached hydrogens (tertiary/aromatic N) is 1. The summed E-state index contributed by atoms with van der Waals surface area (Å²) in [6, 6.07) is 0. The summed E-state index contributed by atoms with van der Waals surface area (Å²) in [5, 5.41) is 0. The molecule has 88 valence electrons. The van der Waals surface area contributed by atoms with E-state index in [4.69, 9.17) is 0 Å². The van der Waals surface area contributed by atoms with Crippen LogP contribution in [0.4, 0.5) is 0 Å². The van der Waals surface area contributed by atoms with Crippen LogP contribution in [0, 0.1) is 11.8 Å². The number of unbranched alkanes of at least 4 members (excludes halogenated alkanes) is 4. The highest BCUT2D eigenvalue weighted by Gasteiger charge is 1.94. The van der Waals surface area contributed by atoms with E-state index in [1.54, 1.807) is 0 Å². The summed E-state index contributed by atoms with van der Waals surface area (Å²) < 4.78 is 0. The molecular formula is C14H27N. The molecule has 0 bridgehead atoms. The Hall–Kier alpha value is -0.480. The first-order valence-corrected chi connectivity index (χ1v) is 6.53. The van der Waals surface area contributed by atoms with Gasteiger partial charge in [0.05, 0.1) is 0 Å². The van der Waals surface area contributed by atoms with Crippen LogP contribution in [-0.4, -0.2) is 24.5 Å². The van der Waals surface area contributed by atoms with Gasteiger partial charge >= 0.3 is 0 Å². The van der Waals surface area contributed by atoms with Crippen LogP contribution in [0.3, 0.4) is 0 Å². The van der Waals surface area contributed by atoms with Crippen LogP contribution < -0.4 is 0 Å². The van der Waals surface area contributed by atoms with Gasteiger partial charge in [-0.15, -0.1) is 11.8 Å². The molecule has 0 fully saturated rings. The van der Waals surface area contributed by atoms with Gasteiger partial charge in [-0.1, -0.05) is 40.0 Å². The molecule has 0 spiro atoms. The van der Waals surface area contributed by atoms with Gasteiger partial charge in [-0.05, 0) is 19.5 Å². The van der Waals surface area contributed by atoms with Crippen molar-refractivity contribution >= 4 is 0 Å². The van der Waals surface area contributed by atoms with E-state index in [-0.39, 0.29) is 0 Å². The van der Waals surface area contributed by atoms with E-state index in [1.165, 1.54) is 25.7 Å². The average Bonchev–Trinajstić information content (AvgIpc) is 2.27. The summed E-state index contributed by atoms with van der Waals surface area (Å²) in [6.45, 7) is 10.1. The summed E-state index contributed by atoms with van der Waals surface area (Å²) in [7, 11) is 0. The lowest BCUT2D eigenvalue weighted by molar-refractivity contribution is 0.312. The van der Waals surface area contributed by atoms with Crippen molar-refractivity contribution in [3.63, 3.8) is 0 Å². The van der Waals surface area contributed by atoms with E-state index in [0.29, 0.717) is 0 Å². The Morgan fingerprint density at radius 3 is 2.07 bits per heavy atom. The number of hydrogen-bond acceptors (Lipinski definition) is 1. The first kappa shape index (κ1) is 14.5. The topological polar surface area (TPSA) is 3.24 Å². The number of hydrogen-bond donors (Lipinski definition) is 0. The van der Waals surface area contributed by atoms with Gasteiger partial charge in [0.2, 0.25) is 0 Å². The summed E-state index contributed by atoms with van der Waals surface area (Å²) in [4.78, 5) is 2.42. The molecule has 1 heteroatoms. The molecule has 0 atom stereocenters. The molecule has 0 heterocycles. The molecule has 0 aromatic carbocycles. The third kappa shape index (κ3) is 9.82. The lowest BCUT2D eigenvalue weighted by atomic mass is 10.1. The molecule has 0 unspecified atom stereocenters. The van der Waals surface area contributed by atoms with E-state index in [9.17, 15) is 0 Å². The van der Waals surface area contributed by atoms with Crippen LogP contribution in [0.5, 0.6) is 0 Å². The molecule has 0 aromatic heterocycles. The van der Waals surface area contributed by atoms with Gasteiger partial charge in [0, 0.05) is 19.4 Å². The summed E-state index contributed by atoms with van der Waals surface area (Å²) >= 11 is 0. The van der Waals surface area contributed by atoms with Crippen molar-refractivity contribution in [2.75, 3.05) is 19.6 Å². The standard InChI is InChI=1S/C14H27N/c1-4-7-8-9-10-11-12-13-14-15(5-2)6-3/h4-10,13-14H2,1-3H3. The molecule has 0 aliphatic heterocycles. The first-order valence-electron chi connectivity index (χ1n) is 6.53. The third-order valence-electron chi connectivity index (χ3n) is 2.73. The van der Waals surface area contributed by atoms with Gasteiger partial charge in [0.25, 0.3) is 0 Å². The smallest absolute Gasteiger partial charge is 0.0217 e. The van der Waals surface area contributed by atoms with E-state index >= 15 is 0 Å². The monoisotopic (exact) mass is 209 g/mol. The maximum absolute atomic E-state index is 3.27. The lowest BCUT2D eigenvalue weighted by Gasteiger charge is -2.15. The quantitative estimate of drug-likeness (QED) is 0.435. The minimum absolute atomic E-state index is 1.04. The maximum atomic E-state index is 3.27. The molecule has 1 nitrogen and oxygen atoms in total. The normalized spacial score (nSPS) is 10.1. The molecule has 0 aliphatic rings. The average molecular weight is 209 g/mol. The second kappa shape index (κ2) is 11.6. The zero-order valence-electron chi connectivity index (χ0n) is 10.8. The van der Waals surface area contributed by atoms with Crippen LogP contribution in [0.2, 0.25) is 0 Å². The molecule has 0 amide bonds. The molecule has 0 rings (SSSR count). The second-order valence-corrected chi connectivity index (χ2v) is 3.94. The fourth-order valence-corrected chi connectivity index (χ4v) is 1.57. The molecule has 0 saturated carbocycles. The van der Waals surface area contributed by atoms with Crippen LogP contribution in [0.1, 0.15) is 59.3 Å². The highest BCUT2D eigenvalue weighted by atomic mass is 15.1. The molecule has 0 N–H and O–H groups in total. The van der Waals surface area contributed by atoms with Gasteiger partial charge in [-0.3, -0.25) is 0 Å². The van der Waals surface area contributed by atoms with Gasteiger partial charge in [0.1, 0.15) is 0 Å². The SMILES string of the molecule is CCCCCCC#CCCN(CC)CC. The Morgan fingerprint density at radius 2 is 1.47 bits per heavy atom. The largest absolute Gasteiger partial charge is 0.303 e. The van der Waals surface area contributed by atoms with Gasteiger partial charge in [-0.2, -0.15) is 0 Å². The predicted octanol–water partition coefficient (Wildman–Crippen LogP) is 3.69. The fraction of sp³-hybridized carbons (Fsp3) is 0.857. The minimum atomic E-state index is 1.04. The Morgan fingerprint density at radius 1 is 0.800 bits per heavy atom. The van der Waals surface area contributed by atoms with Gasteiger partial charge < -0.3 is 4.90 Å². The Balaban J connectivity index is 3.30. The lowest BCUT2D eigenvalue weighted by Crippen LogP contribution is -2.23. The molecule has 0 radical (unpaired) electrons. The molecular weight excluding hydrogens is 182 g/mol. The van der Waals surface area contributed by atoms with Crippen molar-refractivity contribution in [2.24, 2.45) is 0 Å². The predicted molar refractivity (Wildman–Crippen MR) is 68.9 cm³/mol. The van der Waals surface area contributed by atoms with Crippen molar-refractivity contribution in [3.8, 4) is 11.8 Å². The third-order valence-corrected chi connectivity index (χ3v) is 2.73. The second-order valence-electron chi connectivity index (χ2n) is 3.94. The van der Waals surface area contributed by atoms with E-state index in [0.717, 1.165) is 32.5 Å². The van der Waals surface area contributed by atoms with Crippen LogP contribution >= 0.6 is 0 Å². The fourth-order valence-electron chi connectivity index (χ4n) is 1.57. The number of rotatable bonds is 8. The van der Waals surface area contributed by atoms with Crippen LogP contribution in [0.25, 0.3) is 0 Å². The molecule has 15 heavy (non-hydrogen) atoms. The van der Waals surface area contributed by atoms with Crippen molar-refractivity contribution in [2.45, 2.75) is 59.3 Å². The van der Waals surface area contributed by atoms with Crippen molar-refractivity contribution in [3.05, 3.63) is 0 Å². The molecule has 0 aliphatic carbocycles. The summed E-state index contributed by atoms with van der Waals surface area (Å²) in [6.07, 6.45) is 7.44. The van der Waals surface area contributed by atoms with Crippen molar-refractivity contribution < 1.29 is 0 Å². The van der Waals surface area contributed by atoms with Crippen LogP contribution in [0.15, 0.2) is 0 Å². The Labute approximate surface area is 96.2 Å². The Kier molecular flexibility index (Phi) is 11.2. The van der Waals surface area contributed by atoms with Crippen molar-refractivity contribution in [1.29, 1.82) is 0 Å². The molecule has 0 saturated heterocycles. The minimum Gasteiger partial charge on any atom is -0.303 e. The van der Waals surface area contributed by atoms with Gasteiger partial charge in [0.15, 0.2) is 0 Å². The van der Waals surface area contributed by atoms with E-state index in [2.05, 4.69) is 37.5 Å². The zero-order chi connectivity index (χ0) is 11.4. The highest BCUT2D eigenvalue weighted by molar-refractivity contribution is 4.99. The van der Waals surface area contributed by atoms with Gasteiger partial charge in [-0.25, -0.2) is 0 Å². The maximum Gasteiger partial charge on any atom is 0.0217 e. The zero-order valence-corrected chi connectivity index (χ0v) is 10.8. The first-order chi connectivity index (χ1) is 7.35. The van der Waals surface area contributed by atoms with E-state index < -0.39 is 0 Å². The molecule has 0 aromatic rings. The highest BCUT2D eigenvalue weighted by Crippen LogP contribution is 2.01. The summed E-state index contributed by atoms with van der Waals surface area (Å²) in [5.41, 5.74) is 0. The van der Waals surface area contributed by atoms with E-state index in [1.807, 2.05) is 0 Å².